The lowest BCUT2D eigenvalue weighted by Crippen LogP contribution is -2.27. The van der Waals surface area contributed by atoms with Crippen LogP contribution in [0.5, 0.6) is 0 Å². The smallest absolute Gasteiger partial charge is 0.269 e. The molecule has 32 heavy (non-hydrogen) atoms. The van der Waals surface area contributed by atoms with Crippen molar-refractivity contribution >= 4 is 48.8 Å². The van der Waals surface area contributed by atoms with Crippen molar-refractivity contribution in [1.29, 1.82) is 0 Å². The number of hydrogen-bond donors (Lipinski definition) is 1. The van der Waals surface area contributed by atoms with Crippen LogP contribution in [0.15, 0.2) is 75.0 Å². The van der Waals surface area contributed by atoms with Crippen LogP contribution in [0.2, 0.25) is 0 Å². The molecule has 11 nitrogen and oxygen atoms in total. The summed E-state index contributed by atoms with van der Waals surface area (Å²) in [6, 6.07) is 11.2. The standard InChI is InChI=1S/C19H13N5O6S2/c25-16(10-23-11-21-15-4-2-1-3-14(15)18(23)26)22-19-20-9-17(31-19)32(29,30)13-7-5-12(6-8-13)24(27)28/h1-9,11H,10H2,(H,20,22,25). The van der Waals surface area contributed by atoms with E-state index in [-0.39, 0.29) is 32.0 Å². The van der Waals surface area contributed by atoms with E-state index in [9.17, 15) is 28.1 Å². The van der Waals surface area contributed by atoms with Gasteiger partial charge in [-0.3, -0.25) is 24.3 Å². The molecule has 0 spiro atoms. The van der Waals surface area contributed by atoms with Crippen LogP contribution < -0.4 is 10.9 Å². The zero-order valence-electron chi connectivity index (χ0n) is 16.0. The van der Waals surface area contributed by atoms with E-state index < -0.39 is 20.7 Å². The normalized spacial score (nSPS) is 11.4. The number of rotatable bonds is 6. The third-order valence-corrected chi connectivity index (χ3v) is 7.54. The Morgan fingerprint density at radius 1 is 1.12 bits per heavy atom. The van der Waals surface area contributed by atoms with Gasteiger partial charge in [0, 0.05) is 12.1 Å². The Morgan fingerprint density at radius 3 is 2.56 bits per heavy atom. The molecule has 0 saturated heterocycles. The number of nitro benzene ring substituents is 1. The highest BCUT2D eigenvalue weighted by molar-refractivity contribution is 7.93. The van der Waals surface area contributed by atoms with Gasteiger partial charge in [0.1, 0.15) is 10.8 Å². The van der Waals surface area contributed by atoms with Gasteiger partial charge >= 0.3 is 0 Å². The molecule has 2 aromatic heterocycles. The fourth-order valence-electron chi connectivity index (χ4n) is 2.84. The Labute approximate surface area is 184 Å². The predicted molar refractivity (Wildman–Crippen MR) is 115 cm³/mol. The molecule has 162 valence electrons. The Morgan fingerprint density at radius 2 is 1.84 bits per heavy atom. The molecule has 0 saturated carbocycles. The van der Waals surface area contributed by atoms with E-state index in [4.69, 9.17) is 0 Å². The molecule has 4 aromatic rings. The summed E-state index contributed by atoms with van der Waals surface area (Å²) in [6.45, 7) is -0.333. The van der Waals surface area contributed by atoms with Gasteiger partial charge in [-0.1, -0.05) is 23.5 Å². The first-order valence-corrected chi connectivity index (χ1v) is 11.2. The highest BCUT2D eigenvalue weighted by Crippen LogP contribution is 2.29. The Kier molecular flexibility index (Phi) is 5.50. The fraction of sp³-hybridized carbons (Fsp3) is 0.0526. The number of nitrogens with zero attached hydrogens (tertiary/aromatic N) is 4. The molecule has 0 fully saturated rings. The number of sulfone groups is 1. The summed E-state index contributed by atoms with van der Waals surface area (Å²) in [6.07, 6.45) is 2.34. The molecule has 0 aliphatic rings. The van der Waals surface area contributed by atoms with Crippen molar-refractivity contribution in [1.82, 2.24) is 14.5 Å². The van der Waals surface area contributed by atoms with Crippen LogP contribution in [0.3, 0.4) is 0 Å². The van der Waals surface area contributed by atoms with Crippen molar-refractivity contribution in [3.05, 3.63) is 81.5 Å². The zero-order valence-corrected chi connectivity index (χ0v) is 17.7. The van der Waals surface area contributed by atoms with E-state index in [1.54, 1.807) is 24.3 Å². The number of fused-ring (bicyclic) bond motifs is 1. The second-order valence-electron chi connectivity index (χ2n) is 6.48. The maximum absolute atomic E-state index is 12.7. The average molecular weight is 471 g/mol. The molecular formula is C19H13N5O6S2. The fourth-order valence-corrected chi connectivity index (χ4v) is 5.29. The number of para-hydroxylation sites is 1. The van der Waals surface area contributed by atoms with Gasteiger partial charge in [-0.2, -0.15) is 0 Å². The molecule has 0 unspecified atom stereocenters. The maximum Gasteiger partial charge on any atom is 0.269 e. The van der Waals surface area contributed by atoms with Crippen LogP contribution in [-0.2, 0) is 21.2 Å². The molecule has 2 heterocycles. The summed E-state index contributed by atoms with van der Waals surface area (Å²) in [7, 11) is -3.97. The molecule has 1 amide bonds. The third-order valence-electron chi connectivity index (χ3n) is 4.40. The van der Waals surface area contributed by atoms with Crippen molar-refractivity contribution < 1.29 is 18.1 Å². The van der Waals surface area contributed by atoms with Crippen LogP contribution in [0.25, 0.3) is 10.9 Å². The number of aromatic nitrogens is 3. The SMILES string of the molecule is O=C(Cn1cnc2ccccc2c1=O)Nc1ncc(S(=O)(=O)c2ccc([N+](=O)[O-])cc2)s1. The summed E-state index contributed by atoms with van der Waals surface area (Å²) in [4.78, 5) is 42.8. The Bertz CT molecular complexity index is 1510. The summed E-state index contributed by atoms with van der Waals surface area (Å²) in [5.41, 5.74) is -0.110. The largest absolute Gasteiger partial charge is 0.300 e. The summed E-state index contributed by atoms with van der Waals surface area (Å²) in [5.74, 6) is -0.585. The number of benzene rings is 2. The number of carbonyl (C=O) groups excluding carboxylic acids is 1. The lowest BCUT2D eigenvalue weighted by molar-refractivity contribution is -0.384. The van der Waals surface area contributed by atoms with Gasteiger partial charge in [0.15, 0.2) is 5.13 Å². The predicted octanol–water partition coefficient (Wildman–Crippen LogP) is 2.23. The number of hydrogen-bond acceptors (Lipinski definition) is 9. The minimum atomic E-state index is -3.97. The lowest BCUT2D eigenvalue weighted by atomic mass is 10.2. The topological polar surface area (TPSA) is 154 Å². The number of nitrogens with one attached hydrogen (secondary N) is 1. The number of thiazole rings is 1. The monoisotopic (exact) mass is 471 g/mol. The third kappa shape index (κ3) is 4.10. The van der Waals surface area contributed by atoms with Crippen molar-refractivity contribution in [3.63, 3.8) is 0 Å². The van der Waals surface area contributed by atoms with Crippen LogP contribution in [0, 0.1) is 10.1 Å². The quantitative estimate of drug-likeness (QED) is 0.332. The summed E-state index contributed by atoms with van der Waals surface area (Å²) >= 11 is 0.723. The molecule has 0 bridgehead atoms. The number of nitro groups is 1. The molecule has 2 aromatic carbocycles. The zero-order chi connectivity index (χ0) is 22.9. The minimum absolute atomic E-state index is 0.0253. The second-order valence-corrected chi connectivity index (χ2v) is 9.69. The van der Waals surface area contributed by atoms with E-state index in [1.807, 2.05) is 0 Å². The van der Waals surface area contributed by atoms with Gasteiger partial charge in [-0.05, 0) is 24.3 Å². The van der Waals surface area contributed by atoms with Crippen molar-refractivity contribution in [2.24, 2.45) is 0 Å². The van der Waals surface area contributed by atoms with Crippen LogP contribution in [0.1, 0.15) is 0 Å². The van der Waals surface area contributed by atoms with Crippen molar-refractivity contribution in [2.45, 2.75) is 15.6 Å². The highest BCUT2D eigenvalue weighted by atomic mass is 32.2. The Hall–Kier alpha value is -3.97. The molecule has 4 rings (SSSR count). The molecular weight excluding hydrogens is 458 g/mol. The molecule has 0 atom stereocenters. The number of amides is 1. The number of non-ortho nitro benzene ring substituents is 1. The summed E-state index contributed by atoms with van der Waals surface area (Å²) < 4.78 is 26.4. The van der Waals surface area contributed by atoms with Gasteiger partial charge in [0.05, 0.1) is 33.2 Å². The van der Waals surface area contributed by atoms with E-state index in [0.717, 1.165) is 46.4 Å². The van der Waals surface area contributed by atoms with Crippen LogP contribution >= 0.6 is 11.3 Å². The molecule has 0 aliphatic carbocycles. The van der Waals surface area contributed by atoms with E-state index in [1.165, 1.54) is 6.33 Å². The Balaban J connectivity index is 1.50. The molecule has 0 aliphatic heterocycles. The minimum Gasteiger partial charge on any atom is -0.300 e. The van der Waals surface area contributed by atoms with E-state index in [2.05, 4.69) is 15.3 Å². The first-order valence-electron chi connectivity index (χ1n) is 8.95. The maximum atomic E-state index is 12.7. The van der Waals surface area contributed by atoms with Crippen molar-refractivity contribution in [3.8, 4) is 0 Å². The van der Waals surface area contributed by atoms with Crippen LogP contribution in [-0.4, -0.2) is 33.8 Å². The highest BCUT2D eigenvalue weighted by Gasteiger charge is 2.22. The van der Waals surface area contributed by atoms with E-state index >= 15 is 0 Å². The second kappa shape index (κ2) is 8.28. The first kappa shape index (κ1) is 21.3. The molecule has 1 N–H and O–H groups in total. The molecule has 13 heteroatoms. The van der Waals surface area contributed by atoms with Crippen molar-refractivity contribution in [2.75, 3.05) is 5.32 Å². The lowest BCUT2D eigenvalue weighted by Gasteiger charge is -2.06. The summed E-state index contributed by atoms with van der Waals surface area (Å²) in [5, 5.41) is 13.6. The van der Waals surface area contributed by atoms with Gasteiger partial charge in [0.25, 0.3) is 11.2 Å². The number of anilines is 1. The van der Waals surface area contributed by atoms with Gasteiger partial charge in [0.2, 0.25) is 15.7 Å². The molecule has 0 radical (unpaired) electrons. The van der Waals surface area contributed by atoms with Gasteiger partial charge in [-0.25, -0.2) is 18.4 Å². The van der Waals surface area contributed by atoms with Gasteiger partial charge < -0.3 is 5.32 Å². The van der Waals surface area contributed by atoms with Crippen LogP contribution in [0.4, 0.5) is 10.8 Å². The van der Waals surface area contributed by atoms with E-state index in [0.29, 0.717) is 10.9 Å². The van der Waals surface area contributed by atoms with Gasteiger partial charge in [-0.15, -0.1) is 0 Å². The number of carbonyl (C=O) groups is 1. The first-order chi connectivity index (χ1) is 15.3. The average Bonchev–Trinajstić information content (AvgIpc) is 3.25.